The van der Waals surface area contributed by atoms with E-state index in [0.29, 0.717) is 30.9 Å². The number of aromatic nitrogens is 2. The van der Waals surface area contributed by atoms with E-state index >= 15 is 0 Å². The molecule has 1 saturated heterocycles. The smallest absolute Gasteiger partial charge is 0.364 e. The van der Waals surface area contributed by atoms with E-state index in [9.17, 15) is 26.0 Å². The van der Waals surface area contributed by atoms with Crippen molar-refractivity contribution in [2.45, 2.75) is 38.7 Å². The predicted molar refractivity (Wildman–Crippen MR) is 115 cm³/mol. The lowest BCUT2D eigenvalue weighted by Crippen LogP contribution is -2.47. The van der Waals surface area contributed by atoms with Crippen LogP contribution in [0.5, 0.6) is 0 Å². The zero-order valence-electron chi connectivity index (χ0n) is 17.9. The summed E-state index contributed by atoms with van der Waals surface area (Å²) in [5, 5.41) is 11.4. The van der Waals surface area contributed by atoms with E-state index in [1.54, 1.807) is 13.0 Å². The van der Waals surface area contributed by atoms with Crippen molar-refractivity contribution in [1.82, 2.24) is 15.1 Å². The van der Waals surface area contributed by atoms with Gasteiger partial charge >= 0.3 is 6.18 Å². The van der Waals surface area contributed by atoms with Gasteiger partial charge in [-0.25, -0.2) is 12.8 Å². The topological polar surface area (TPSA) is 87.2 Å². The summed E-state index contributed by atoms with van der Waals surface area (Å²) in [6, 6.07) is 4.24. The van der Waals surface area contributed by atoms with Gasteiger partial charge < -0.3 is 5.32 Å². The maximum atomic E-state index is 14.0. The van der Waals surface area contributed by atoms with Gasteiger partial charge in [-0.05, 0) is 37.2 Å². The molecule has 1 aromatic heterocycles. The minimum absolute atomic E-state index is 0.160. The van der Waals surface area contributed by atoms with E-state index in [4.69, 9.17) is 0 Å². The van der Waals surface area contributed by atoms with E-state index in [2.05, 4.69) is 20.2 Å². The summed E-state index contributed by atoms with van der Waals surface area (Å²) in [6.07, 6.45) is -4.40. The van der Waals surface area contributed by atoms with Crippen LogP contribution in [0.15, 0.2) is 24.3 Å². The molecule has 1 aliphatic heterocycles. The number of likely N-dealkylation sites (tertiary alicyclic amines) is 1. The minimum atomic E-state index is -4.64. The number of aryl methyl sites for hydroxylation is 1. The van der Waals surface area contributed by atoms with Gasteiger partial charge in [0.25, 0.3) is 0 Å². The van der Waals surface area contributed by atoms with E-state index in [-0.39, 0.29) is 23.0 Å². The molecule has 7 nitrogen and oxygen atoms in total. The van der Waals surface area contributed by atoms with Crippen molar-refractivity contribution < 1.29 is 26.0 Å². The lowest BCUT2D eigenvalue weighted by molar-refractivity contribution is -0.137. The zero-order valence-corrected chi connectivity index (χ0v) is 18.7. The van der Waals surface area contributed by atoms with Gasteiger partial charge in [0.15, 0.2) is 0 Å². The summed E-state index contributed by atoms with van der Waals surface area (Å²) < 4.78 is 78.9. The molecule has 176 valence electrons. The molecule has 2 N–H and O–H groups in total. The van der Waals surface area contributed by atoms with Crippen molar-refractivity contribution >= 4 is 21.5 Å². The van der Waals surface area contributed by atoms with Crippen molar-refractivity contribution in [2.24, 2.45) is 0 Å². The molecule has 32 heavy (non-hydrogen) atoms. The second-order valence-electron chi connectivity index (χ2n) is 7.92. The molecule has 1 aromatic carbocycles. The Labute approximate surface area is 184 Å². The van der Waals surface area contributed by atoms with Crippen LogP contribution >= 0.6 is 0 Å². The highest BCUT2D eigenvalue weighted by molar-refractivity contribution is 7.92. The van der Waals surface area contributed by atoms with Gasteiger partial charge in [0.2, 0.25) is 10.0 Å². The number of halogens is 4. The molecule has 0 saturated carbocycles. The fourth-order valence-corrected chi connectivity index (χ4v) is 4.30. The van der Waals surface area contributed by atoms with Crippen LogP contribution in [0.1, 0.15) is 24.5 Å². The number of benzene rings is 1. The number of hydrogen-bond donors (Lipinski definition) is 2. The molecule has 2 heterocycles. The number of hydrogen-bond acceptors (Lipinski definition) is 6. The molecule has 0 amide bonds. The van der Waals surface area contributed by atoms with Crippen molar-refractivity contribution in [3.8, 4) is 11.3 Å². The van der Waals surface area contributed by atoms with Gasteiger partial charge in [0, 0.05) is 31.1 Å². The van der Waals surface area contributed by atoms with E-state index in [1.165, 1.54) is 0 Å². The lowest BCUT2D eigenvalue weighted by atomic mass is 10.0. The minimum Gasteiger partial charge on any atom is -0.364 e. The number of likely N-dealkylation sites (N-methyl/N-ethyl adjacent to an activating group) is 1. The Balaban J connectivity index is 1.91. The molecular weight excluding hydrogens is 450 g/mol. The maximum absolute atomic E-state index is 14.0. The van der Waals surface area contributed by atoms with E-state index < -0.39 is 27.9 Å². The highest BCUT2D eigenvalue weighted by Crippen LogP contribution is 2.36. The average molecular weight is 476 g/mol. The van der Waals surface area contributed by atoms with Crippen LogP contribution in [0.4, 0.5) is 29.1 Å². The fourth-order valence-electron chi connectivity index (χ4n) is 3.73. The van der Waals surface area contributed by atoms with Crippen molar-refractivity contribution in [1.29, 1.82) is 0 Å². The van der Waals surface area contributed by atoms with Gasteiger partial charge in [-0.2, -0.15) is 13.2 Å². The summed E-state index contributed by atoms with van der Waals surface area (Å²) in [6.45, 7) is 5.42. The average Bonchev–Trinajstić information content (AvgIpc) is 2.66. The molecule has 3 rings (SSSR count). The summed E-state index contributed by atoms with van der Waals surface area (Å²) in [7, 11) is -3.84. The van der Waals surface area contributed by atoms with Gasteiger partial charge in [-0.15, -0.1) is 10.2 Å². The number of nitrogens with zero attached hydrogens (tertiary/aromatic N) is 3. The Morgan fingerprint density at radius 3 is 2.50 bits per heavy atom. The van der Waals surface area contributed by atoms with Crippen LogP contribution in [-0.4, -0.2) is 61.6 Å². The predicted octanol–water partition coefficient (Wildman–Crippen LogP) is 3.69. The van der Waals surface area contributed by atoms with E-state index in [1.807, 2.05) is 11.8 Å². The fraction of sp³-hybridized carbons (Fsp3) is 0.500. The molecule has 1 aliphatic rings. The number of piperidine rings is 1. The number of nitrogens with one attached hydrogen (secondary N) is 2. The summed E-state index contributed by atoms with van der Waals surface area (Å²) in [5.41, 5.74) is -0.267. The Hall–Kier alpha value is -2.47. The number of rotatable bonds is 6. The molecule has 0 aliphatic carbocycles. The van der Waals surface area contributed by atoms with E-state index in [0.717, 1.165) is 31.0 Å². The highest BCUT2D eigenvalue weighted by atomic mass is 32.2. The van der Waals surface area contributed by atoms with Crippen LogP contribution in [-0.2, 0) is 16.2 Å². The van der Waals surface area contributed by atoms with Crippen molar-refractivity contribution in [3.05, 3.63) is 35.4 Å². The maximum Gasteiger partial charge on any atom is 0.416 e. The first-order chi connectivity index (χ1) is 14.9. The molecule has 0 unspecified atom stereocenters. The van der Waals surface area contributed by atoms with Crippen molar-refractivity contribution in [2.75, 3.05) is 35.9 Å². The standard InChI is InChI=1S/C20H25F4N5O2S/c1-4-29-10-14(21)9-15(11-29)25-18-7-12(2)19(27-26-18)16-6-5-13(20(22,23)24)8-17(16)28-32(3,30)31/h5-8,14-15,28H,4,9-11H2,1-3H3,(H,25,26)/t14-,15-/m0/s1. The Bertz CT molecular complexity index is 1080. The monoisotopic (exact) mass is 475 g/mol. The second-order valence-corrected chi connectivity index (χ2v) is 9.67. The Kier molecular flexibility index (Phi) is 6.94. The van der Waals surface area contributed by atoms with Crippen LogP contribution in [0, 0.1) is 6.92 Å². The van der Waals surface area contributed by atoms with Gasteiger partial charge in [0.05, 0.1) is 23.2 Å². The van der Waals surface area contributed by atoms with Crippen LogP contribution in [0.3, 0.4) is 0 Å². The van der Waals surface area contributed by atoms with Gasteiger partial charge in [0.1, 0.15) is 12.0 Å². The molecule has 2 aromatic rings. The van der Waals surface area contributed by atoms with Crippen LogP contribution < -0.4 is 10.0 Å². The first kappa shape index (κ1) is 24.2. The summed E-state index contributed by atoms with van der Waals surface area (Å²) in [5.74, 6) is 0.408. The Morgan fingerprint density at radius 2 is 1.91 bits per heavy atom. The summed E-state index contributed by atoms with van der Waals surface area (Å²) in [4.78, 5) is 1.99. The molecule has 1 fully saturated rings. The van der Waals surface area contributed by atoms with Gasteiger partial charge in [-0.1, -0.05) is 13.0 Å². The largest absolute Gasteiger partial charge is 0.416 e. The van der Waals surface area contributed by atoms with Crippen molar-refractivity contribution in [3.63, 3.8) is 0 Å². The SMILES string of the molecule is CCN1C[C@@H](F)C[C@H](Nc2cc(C)c(-c3ccc(C(F)(F)F)cc3NS(C)(=O)=O)nn2)C1. The third-order valence-corrected chi connectivity index (χ3v) is 5.75. The molecule has 0 spiro atoms. The number of anilines is 2. The molecule has 0 radical (unpaired) electrons. The van der Waals surface area contributed by atoms with Crippen LogP contribution in [0.25, 0.3) is 11.3 Å². The molecular formula is C20H25F4N5O2S. The molecule has 2 atom stereocenters. The van der Waals surface area contributed by atoms with Gasteiger partial charge in [-0.3, -0.25) is 9.62 Å². The normalized spacial score (nSPS) is 20.2. The molecule has 0 bridgehead atoms. The zero-order chi connectivity index (χ0) is 23.7. The second kappa shape index (κ2) is 9.18. The number of alkyl halides is 4. The third kappa shape index (κ3) is 6.06. The third-order valence-electron chi connectivity index (χ3n) is 5.16. The molecule has 12 heteroatoms. The van der Waals surface area contributed by atoms with Crippen LogP contribution in [0.2, 0.25) is 0 Å². The summed E-state index contributed by atoms with van der Waals surface area (Å²) >= 11 is 0. The first-order valence-corrected chi connectivity index (χ1v) is 11.9. The highest BCUT2D eigenvalue weighted by Gasteiger charge is 2.32. The number of sulfonamides is 1. The Morgan fingerprint density at radius 1 is 1.19 bits per heavy atom. The first-order valence-electron chi connectivity index (χ1n) is 10.0. The lowest BCUT2D eigenvalue weighted by Gasteiger charge is -2.34. The quantitative estimate of drug-likeness (QED) is 0.620.